The molecular formula is C15H12ClFN2O3. The van der Waals surface area contributed by atoms with Gasteiger partial charge in [0.1, 0.15) is 11.6 Å². The second kappa shape index (κ2) is 6.91. The van der Waals surface area contributed by atoms with Crippen LogP contribution in [0.3, 0.4) is 0 Å². The summed E-state index contributed by atoms with van der Waals surface area (Å²) in [7, 11) is 1.49. The van der Waals surface area contributed by atoms with Gasteiger partial charge in [-0.05, 0) is 30.3 Å². The summed E-state index contributed by atoms with van der Waals surface area (Å²) in [5.74, 6) is -1.83. The Morgan fingerprint density at radius 1 is 1.05 bits per heavy atom. The number of benzene rings is 2. The lowest BCUT2D eigenvalue weighted by Crippen LogP contribution is -2.29. The fraction of sp³-hybridized carbons (Fsp3) is 0.0667. The van der Waals surface area contributed by atoms with Gasteiger partial charge < -0.3 is 15.4 Å². The molecule has 0 atom stereocenters. The van der Waals surface area contributed by atoms with Crippen molar-refractivity contribution in [3.05, 3.63) is 53.3 Å². The standard InChI is InChI=1S/C15H12ClFN2O3/c1-22-11-4-2-3-9(7-11)18-14(20)15(21)19-10-5-6-13(17)12(16)8-10/h2-8H,1H3,(H,18,20)(H,19,21). The van der Waals surface area contributed by atoms with Gasteiger partial charge in [0.25, 0.3) is 0 Å². The minimum atomic E-state index is -0.898. The second-order valence-corrected chi connectivity index (χ2v) is 4.68. The molecule has 0 aliphatic carbocycles. The Labute approximate surface area is 131 Å². The van der Waals surface area contributed by atoms with E-state index in [-0.39, 0.29) is 10.7 Å². The van der Waals surface area contributed by atoms with Crippen LogP contribution in [0.4, 0.5) is 15.8 Å². The summed E-state index contributed by atoms with van der Waals surface area (Å²) >= 11 is 5.60. The van der Waals surface area contributed by atoms with Gasteiger partial charge in [-0.1, -0.05) is 17.7 Å². The van der Waals surface area contributed by atoms with Crippen LogP contribution in [0.2, 0.25) is 5.02 Å². The molecule has 114 valence electrons. The summed E-state index contributed by atoms with van der Waals surface area (Å²) in [5.41, 5.74) is 0.633. The molecule has 0 fully saturated rings. The molecule has 22 heavy (non-hydrogen) atoms. The van der Waals surface area contributed by atoms with Crippen molar-refractivity contribution in [2.75, 3.05) is 17.7 Å². The number of ether oxygens (including phenoxy) is 1. The average Bonchev–Trinajstić information content (AvgIpc) is 2.51. The minimum absolute atomic E-state index is 0.147. The summed E-state index contributed by atoms with van der Waals surface area (Å²) in [6.07, 6.45) is 0. The van der Waals surface area contributed by atoms with Crippen molar-refractivity contribution in [3.63, 3.8) is 0 Å². The molecule has 0 aromatic heterocycles. The zero-order valence-corrected chi connectivity index (χ0v) is 12.3. The lowest BCUT2D eigenvalue weighted by atomic mass is 10.3. The molecule has 0 spiro atoms. The normalized spacial score (nSPS) is 9.95. The van der Waals surface area contributed by atoms with Gasteiger partial charge in [-0.25, -0.2) is 4.39 Å². The minimum Gasteiger partial charge on any atom is -0.497 e. The fourth-order valence-electron chi connectivity index (χ4n) is 1.65. The number of hydrogen-bond donors (Lipinski definition) is 2. The van der Waals surface area contributed by atoms with E-state index in [4.69, 9.17) is 16.3 Å². The van der Waals surface area contributed by atoms with Gasteiger partial charge in [0.2, 0.25) is 0 Å². The topological polar surface area (TPSA) is 67.4 Å². The maximum absolute atomic E-state index is 13.0. The highest BCUT2D eigenvalue weighted by Crippen LogP contribution is 2.20. The van der Waals surface area contributed by atoms with E-state index in [1.807, 2.05) is 0 Å². The largest absolute Gasteiger partial charge is 0.497 e. The highest BCUT2D eigenvalue weighted by Gasteiger charge is 2.15. The Hall–Kier alpha value is -2.60. The number of rotatable bonds is 3. The van der Waals surface area contributed by atoms with Crippen molar-refractivity contribution < 1.29 is 18.7 Å². The molecular weight excluding hydrogens is 311 g/mol. The number of carbonyl (C=O) groups excluding carboxylic acids is 2. The van der Waals surface area contributed by atoms with E-state index < -0.39 is 17.6 Å². The lowest BCUT2D eigenvalue weighted by molar-refractivity contribution is -0.132. The van der Waals surface area contributed by atoms with Gasteiger partial charge in [0.05, 0.1) is 12.1 Å². The summed E-state index contributed by atoms with van der Waals surface area (Å²) in [6.45, 7) is 0. The predicted octanol–water partition coefficient (Wildman–Crippen LogP) is 3.06. The van der Waals surface area contributed by atoms with E-state index in [2.05, 4.69) is 10.6 Å². The SMILES string of the molecule is COc1cccc(NC(=O)C(=O)Nc2ccc(F)c(Cl)c2)c1. The molecule has 0 aliphatic rings. The monoisotopic (exact) mass is 322 g/mol. The maximum atomic E-state index is 13.0. The first-order valence-corrected chi connectivity index (χ1v) is 6.59. The number of amides is 2. The number of hydrogen-bond acceptors (Lipinski definition) is 3. The molecule has 0 unspecified atom stereocenters. The van der Waals surface area contributed by atoms with Crippen LogP contribution in [0.25, 0.3) is 0 Å². The van der Waals surface area contributed by atoms with Gasteiger partial charge in [0, 0.05) is 17.4 Å². The van der Waals surface area contributed by atoms with E-state index in [9.17, 15) is 14.0 Å². The Balaban J connectivity index is 2.02. The highest BCUT2D eigenvalue weighted by atomic mass is 35.5. The van der Waals surface area contributed by atoms with Crippen LogP contribution in [0, 0.1) is 5.82 Å². The molecule has 0 heterocycles. The Morgan fingerprint density at radius 2 is 1.68 bits per heavy atom. The number of carbonyl (C=O) groups is 2. The van der Waals surface area contributed by atoms with Gasteiger partial charge in [-0.15, -0.1) is 0 Å². The van der Waals surface area contributed by atoms with Crippen molar-refractivity contribution in [1.29, 1.82) is 0 Å². The number of nitrogens with one attached hydrogen (secondary N) is 2. The molecule has 0 bridgehead atoms. The van der Waals surface area contributed by atoms with Crippen molar-refractivity contribution >= 4 is 34.8 Å². The van der Waals surface area contributed by atoms with Crippen LogP contribution >= 0.6 is 11.6 Å². The summed E-state index contributed by atoms with van der Waals surface area (Å²) in [5, 5.41) is 4.60. The van der Waals surface area contributed by atoms with Crippen molar-refractivity contribution in [2.45, 2.75) is 0 Å². The molecule has 2 amide bonds. The highest BCUT2D eigenvalue weighted by molar-refractivity contribution is 6.43. The smallest absolute Gasteiger partial charge is 0.314 e. The first kappa shape index (κ1) is 15.8. The van der Waals surface area contributed by atoms with Crippen LogP contribution in [-0.2, 0) is 9.59 Å². The van der Waals surface area contributed by atoms with E-state index in [0.29, 0.717) is 11.4 Å². The van der Waals surface area contributed by atoms with E-state index >= 15 is 0 Å². The first-order valence-electron chi connectivity index (χ1n) is 6.21. The average molecular weight is 323 g/mol. The molecule has 2 rings (SSSR count). The predicted molar refractivity (Wildman–Crippen MR) is 81.7 cm³/mol. The third-order valence-electron chi connectivity index (χ3n) is 2.71. The molecule has 0 aliphatic heterocycles. The van der Waals surface area contributed by atoms with Crippen molar-refractivity contribution in [1.82, 2.24) is 0 Å². The van der Waals surface area contributed by atoms with Gasteiger partial charge >= 0.3 is 11.8 Å². The number of anilines is 2. The van der Waals surface area contributed by atoms with E-state index in [1.165, 1.54) is 19.2 Å². The molecule has 0 saturated carbocycles. The molecule has 7 heteroatoms. The molecule has 0 saturated heterocycles. The molecule has 2 N–H and O–H groups in total. The van der Waals surface area contributed by atoms with Gasteiger partial charge in [-0.2, -0.15) is 0 Å². The zero-order valence-electron chi connectivity index (χ0n) is 11.5. The maximum Gasteiger partial charge on any atom is 0.314 e. The van der Waals surface area contributed by atoms with E-state index in [0.717, 1.165) is 6.07 Å². The van der Waals surface area contributed by atoms with Crippen LogP contribution in [0.15, 0.2) is 42.5 Å². The number of methoxy groups -OCH3 is 1. The third-order valence-corrected chi connectivity index (χ3v) is 3.00. The summed E-state index contributed by atoms with van der Waals surface area (Å²) in [6, 6.07) is 10.2. The summed E-state index contributed by atoms with van der Waals surface area (Å²) < 4.78 is 18.0. The van der Waals surface area contributed by atoms with Crippen LogP contribution in [-0.4, -0.2) is 18.9 Å². The zero-order chi connectivity index (χ0) is 16.1. The van der Waals surface area contributed by atoms with Crippen LogP contribution in [0.5, 0.6) is 5.75 Å². The second-order valence-electron chi connectivity index (χ2n) is 4.27. The first-order chi connectivity index (χ1) is 10.5. The van der Waals surface area contributed by atoms with Crippen molar-refractivity contribution in [2.24, 2.45) is 0 Å². The van der Waals surface area contributed by atoms with Crippen molar-refractivity contribution in [3.8, 4) is 5.75 Å². The lowest BCUT2D eigenvalue weighted by Gasteiger charge is -2.08. The molecule has 0 radical (unpaired) electrons. The van der Waals surface area contributed by atoms with Gasteiger partial charge in [-0.3, -0.25) is 9.59 Å². The Bertz CT molecular complexity index is 722. The van der Waals surface area contributed by atoms with Crippen LogP contribution < -0.4 is 15.4 Å². The number of halogens is 2. The Kier molecular flexibility index (Phi) is 4.95. The molecule has 2 aromatic carbocycles. The summed E-state index contributed by atoms with van der Waals surface area (Å²) in [4.78, 5) is 23.6. The third kappa shape index (κ3) is 3.95. The molecule has 2 aromatic rings. The van der Waals surface area contributed by atoms with Crippen LogP contribution in [0.1, 0.15) is 0 Å². The van der Waals surface area contributed by atoms with E-state index in [1.54, 1.807) is 24.3 Å². The quantitative estimate of drug-likeness (QED) is 0.853. The fourth-order valence-corrected chi connectivity index (χ4v) is 1.83. The van der Waals surface area contributed by atoms with Gasteiger partial charge in [0.15, 0.2) is 0 Å². The Morgan fingerprint density at radius 3 is 2.27 bits per heavy atom. The molecule has 5 nitrogen and oxygen atoms in total.